The highest BCUT2D eigenvalue weighted by molar-refractivity contribution is 6.22. The number of fused-ring (bicyclic) bond motifs is 3. The maximum atomic E-state index is 13.0. The first-order chi connectivity index (χ1) is 12.7. The molecule has 3 unspecified atom stereocenters. The minimum Gasteiger partial charge on any atom is -0.511 e. The predicted molar refractivity (Wildman–Crippen MR) is 93.8 cm³/mol. The molecule has 8 heteroatoms. The molecule has 0 radical (unpaired) electrons. The van der Waals surface area contributed by atoms with Gasteiger partial charge in [-0.05, 0) is 42.4 Å². The van der Waals surface area contributed by atoms with Gasteiger partial charge in [0.25, 0.3) is 5.91 Å². The third-order valence-corrected chi connectivity index (χ3v) is 5.81. The van der Waals surface area contributed by atoms with Gasteiger partial charge in [-0.1, -0.05) is 0 Å². The number of carbonyl (C=O) groups is 3. The van der Waals surface area contributed by atoms with E-state index >= 15 is 0 Å². The lowest BCUT2D eigenvalue weighted by atomic mass is 9.62. The summed E-state index contributed by atoms with van der Waals surface area (Å²) >= 11 is 0. The lowest BCUT2D eigenvalue weighted by molar-refractivity contribution is -0.126. The number of carbonyl (C=O) groups excluding carboxylic acids is 3. The summed E-state index contributed by atoms with van der Waals surface area (Å²) in [5, 5.41) is 31.0. The molecule has 1 amide bonds. The molecular weight excluding hydrogens is 352 g/mol. The van der Waals surface area contributed by atoms with E-state index in [9.17, 15) is 29.7 Å². The van der Waals surface area contributed by atoms with E-state index in [4.69, 9.17) is 11.5 Å². The molecule has 1 aromatic carbocycles. The van der Waals surface area contributed by atoms with E-state index in [-0.39, 0.29) is 29.1 Å². The molecule has 0 heterocycles. The molecule has 8 nitrogen and oxygen atoms in total. The average molecular weight is 370 g/mol. The lowest BCUT2D eigenvalue weighted by Crippen LogP contribution is -2.43. The first-order valence-electron chi connectivity index (χ1n) is 8.56. The van der Waals surface area contributed by atoms with Crippen molar-refractivity contribution in [1.82, 2.24) is 0 Å². The zero-order valence-electron chi connectivity index (χ0n) is 14.2. The number of allylic oxidation sites excluding steroid dienone is 3. The van der Waals surface area contributed by atoms with Gasteiger partial charge in [-0.2, -0.15) is 0 Å². The fraction of sp³-hybridized carbons (Fsp3) is 0.316. The molecule has 27 heavy (non-hydrogen) atoms. The van der Waals surface area contributed by atoms with Gasteiger partial charge in [0.05, 0.1) is 11.5 Å². The number of aromatic hydroxyl groups is 1. The van der Waals surface area contributed by atoms with E-state index in [0.29, 0.717) is 24.1 Å². The summed E-state index contributed by atoms with van der Waals surface area (Å²) < 4.78 is 0. The Morgan fingerprint density at radius 3 is 2.48 bits per heavy atom. The number of phenols is 1. The van der Waals surface area contributed by atoms with Gasteiger partial charge >= 0.3 is 0 Å². The van der Waals surface area contributed by atoms with Crippen molar-refractivity contribution in [3.63, 3.8) is 0 Å². The molecule has 0 fully saturated rings. The second-order valence-electron chi connectivity index (χ2n) is 7.28. The second-order valence-corrected chi connectivity index (χ2v) is 7.28. The molecule has 3 aliphatic carbocycles. The molecule has 0 aromatic heterocycles. The van der Waals surface area contributed by atoms with Crippen molar-refractivity contribution < 1.29 is 29.7 Å². The zero-order chi connectivity index (χ0) is 19.6. The van der Waals surface area contributed by atoms with Crippen LogP contribution in [-0.4, -0.2) is 32.8 Å². The van der Waals surface area contributed by atoms with Crippen molar-refractivity contribution in [2.24, 2.45) is 23.5 Å². The number of nitrogens with two attached hydrogens (primary N) is 2. The number of amides is 1. The first kappa shape index (κ1) is 17.1. The van der Waals surface area contributed by atoms with E-state index in [1.165, 1.54) is 12.1 Å². The summed E-state index contributed by atoms with van der Waals surface area (Å²) in [6, 6.07) is 2.83. The SMILES string of the molecule is NC(=O)C1=C(O)CC2CC3Cc4c(N)ccc(O)c4C(=O)C3=C(O)C2C1=O. The van der Waals surface area contributed by atoms with Crippen LogP contribution in [-0.2, 0) is 16.0 Å². The van der Waals surface area contributed by atoms with Gasteiger partial charge in [0.15, 0.2) is 11.6 Å². The van der Waals surface area contributed by atoms with Crippen molar-refractivity contribution in [3.05, 3.63) is 45.9 Å². The number of aliphatic hydroxyl groups excluding tert-OH is 2. The number of anilines is 1. The van der Waals surface area contributed by atoms with Crippen LogP contribution >= 0.6 is 0 Å². The zero-order valence-corrected chi connectivity index (χ0v) is 14.2. The fourth-order valence-corrected chi connectivity index (χ4v) is 4.66. The number of Topliss-reactive ketones (excluding diaryl/α,β-unsaturated/α-hetero) is 2. The van der Waals surface area contributed by atoms with E-state index in [0.717, 1.165) is 0 Å². The molecule has 140 valence electrons. The summed E-state index contributed by atoms with van der Waals surface area (Å²) in [5.41, 5.74) is 11.6. The van der Waals surface area contributed by atoms with Crippen molar-refractivity contribution in [1.29, 1.82) is 0 Å². The fourth-order valence-electron chi connectivity index (χ4n) is 4.66. The van der Waals surface area contributed by atoms with Gasteiger partial charge < -0.3 is 26.8 Å². The Labute approximate surface area is 153 Å². The first-order valence-corrected chi connectivity index (χ1v) is 8.56. The molecule has 0 saturated heterocycles. The summed E-state index contributed by atoms with van der Waals surface area (Å²) in [7, 11) is 0. The predicted octanol–water partition coefficient (Wildman–Crippen LogP) is 1.05. The molecule has 3 atom stereocenters. The molecule has 0 saturated carbocycles. The Hall–Kier alpha value is -3.29. The number of aliphatic hydroxyl groups is 2. The molecule has 4 rings (SSSR count). The molecule has 0 spiro atoms. The number of nitrogen functional groups attached to an aromatic ring is 1. The van der Waals surface area contributed by atoms with Gasteiger partial charge in [0.1, 0.15) is 22.8 Å². The average Bonchev–Trinajstić information content (AvgIpc) is 2.57. The van der Waals surface area contributed by atoms with E-state index in [2.05, 4.69) is 0 Å². The van der Waals surface area contributed by atoms with Crippen LogP contribution in [0.2, 0.25) is 0 Å². The largest absolute Gasteiger partial charge is 0.511 e. The molecule has 0 aliphatic heterocycles. The topological polar surface area (TPSA) is 164 Å². The van der Waals surface area contributed by atoms with Crippen molar-refractivity contribution >= 4 is 23.2 Å². The number of ketones is 2. The summed E-state index contributed by atoms with van der Waals surface area (Å²) in [6.07, 6.45) is 0.691. The number of hydrogen-bond donors (Lipinski definition) is 5. The summed E-state index contributed by atoms with van der Waals surface area (Å²) in [5.74, 6) is -5.42. The van der Waals surface area contributed by atoms with Crippen LogP contribution in [0.5, 0.6) is 5.75 Å². The second kappa shape index (κ2) is 5.60. The van der Waals surface area contributed by atoms with Gasteiger partial charge in [-0.3, -0.25) is 14.4 Å². The third kappa shape index (κ3) is 2.26. The van der Waals surface area contributed by atoms with Crippen LogP contribution in [0.25, 0.3) is 0 Å². The smallest absolute Gasteiger partial charge is 0.255 e. The molecular formula is C19H18N2O6. The third-order valence-electron chi connectivity index (χ3n) is 5.81. The number of phenolic OH excluding ortho intramolecular Hbond substituents is 1. The molecule has 1 aromatic rings. The van der Waals surface area contributed by atoms with Crippen molar-refractivity contribution in [3.8, 4) is 5.75 Å². The van der Waals surface area contributed by atoms with Crippen LogP contribution < -0.4 is 11.5 Å². The monoisotopic (exact) mass is 370 g/mol. The Morgan fingerprint density at radius 2 is 1.81 bits per heavy atom. The Balaban J connectivity index is 1.86. The van der Waals surface area contributed by atoms with Crippen LogP contribution in [0.1, 0.15) is 28.8 Å². The molecule has 7 N–H and O–H groups in total. The highest BCUT2D eigenvalue weighted by Crippen LogP contribution is 2.49. The maximum Gasteiger partial charge on any atom is 0.255 e. The number of primary amides is 1. The quantitative estimate of drug-likeness (QED) is 0.280. The lowest BCUT2D eigenvalue weighted by Gasteiger charge is -2.40. The van der Waals surface area contributed by atoms with Crippen molar-refractivity contribution in [2.75, 3.05) is 5.73 Å². The normalized spacial score (nSPS) is 27.2. The number of rotatable bonds is 1. The standard InChI is InChI=1S/C19H18N2O6/c20-9-1-2-10(22)14-8(9)4-6-3-7-5-11(23)15(19(21)27)18(26)13(7)16(24)12(6)17(14)25/h1-2,6-7,13,22-24H,3-5,20H2,(H2,21,27). The summed E-state index contributed by atoms with van der Waals surface area (Å²) in [6.45, 7) is 0. The Morgan fingerprint density at radius 1 is 1.11 bits per heavy atom. The van der Waals surface area contributed by atoms with E-state index in [1.807, 2.05) is 0 Å². The Kier molecular flexibility index (Phi) is 3.56. The highest BCUT2D eigenvalue weighted by atomic mass is 16.3. The number of hydrogen-bond acceptors (Lipinski definition) is 7. The molecule has 3 aliphatic rings. The van der Waals surface area contributed by atoms with Crippen molar-refractivity contribution in [2.45, 2.75) is 19.3 Å². The van der Waals surface area contributed by atoms with Crippen LogP contribution in [0.3, 0.4) is 0 Å². The van der Waals surface area contributed by atoms with Crippen LogP contribution in [0, 0.1) is 17.8 Å². The number of benzene rings is 1. The Bertz CT molecular complexity index is 990. The minimum atomic E-state index is -1.11. The van der Waals surface area contributed by atoms with Gasteiger partial charge in [-0.25, -0.2) is 0 Å². The van der Waals surface area contributed by atoms with Crippen LogP contribution in [0.15, 0.2) is 34.8 Å². The van der Waals surface area contributed by atoms with E-state index < -0.39 is 46.6 Å². The molecule has 0 bridgehead atoms. The van der Waals surface area contributed by atoms with Gasteiger partial charge in [-0.15, -0.1) is 0 Å². The maximum absolute atomic E-state index is 13.0. The van der Waals surface area contributed by atoms with Gasteiger partial charge in [0, 0.05) is 17.7 Å². The minimum absolute atomic E-state index is 0.0130. The summed E-state index contributed by atoms with van der Waals surface area (Å²) in [4.78, 5) is 37.2. The van der Waals surface area contributed by atoms with E-state index in [1.54, 1.807) is 0 Å². The van der Waals surface area contributed by atoms with Gasteiger partial charge in [0.2, 0.25) is 0 Å². The highest BCUT2D eigenvalue weighted by Gasteiger charge is 2.50. The van der Waals surface area contributed by atoms with Crippen LogP contribution in [0.4, 0.5) is 5.69 Å².